The van der Waals surface area contributed by atoms with E-state index in [0.717, 1.165) is 25.5 Å². The van der Waals surface area contributed by atoms with E-state index in [4.69, 9.17) is 9.47 Å². The quantitative estimate of drug-likeness (QED) is 0.643. The summed E-state index contributed by atoms with van der Waals surface area (Å²) in [5.41, 5.74) is -0.650. The first-order valence-corrected chi connectivity index (χ1v) is 6.97. The van der Waals surface area contributed by atoms with Gasteiger partial charge in [0.1, 0.15) is 5.54 Å². The standard InChI is InChI=1S/C14H27NO3/c1-5-15-14(3,13(16)17-4)10-11(2)18-9-8-12-6-7-12/h11-12,15H,5-10H2,1-4H3. The number of carbonyl (C=O) groups is 1. The molecule has 0 bridgehead atoms. The molecule has 18 heavy (non-hydrogen) atoms. The highest BCUT2D eigenvalue weighted by molar-refractivity contribution is 5.80. The van der Waals surface area contributed by atoms with E-state index >= 15 is 0 Å². The van der Waals surface area contributed by atoms with Crippen LogP contribution in [0.3, 0.4) is 0 Å². The van der Waals surface area contributed by atoms with E-state index in [1.807, 2.05) is 20.8 Å². The third kappa shape index (κ3) is 4.94. The van der Waals surface area contributed by atoms with E-state index in [0.29, 0.717) is 6.42 Å². The van der Waals surface area contributed by atoms with Crippen molar-refractivity contribution < 1.29 is 14.3 Å². The summed E-state index contributed by atoms with van der Waals surface area (Å²) in [7, 11) is 1.43. The van der Waals surface area contributed by atoms with Crippen molar-refractivity contribution in [2.45, 2.75) is 58.1 Å². The smallest absolute Gasteiger partial charge is 0.325 e. The molecule has 1 fully saturated rings. The van der Waals surface area contributed by atoms with Crippen LogP contribution in [0.1, 0.15) is 46.5 Å². The highest BCUT2D eigenvalue weighted by Gasteiger charge is 2.35. The molecule has 2 unspecified atom stereocenters. The lowest BCUT2D eigenvalue weighted by atomic mass is 9.94. The van der Waals surface area contributed by atoms with E-state index in [-0.39, 0.29) is 12.1 Å². The van der Waals surface area contributed by atoms with Gasteiger partial charge in [-0.1, -0.05) is 19.8 Å². The molecular formula is C14H27NO3. The lowest BCUT2D eigenvalue weighted by Gasteiger charge is -2.30. The van der Waals surface area contributed by atoms with Crippen LogP contribution in [-0.2, 0) is 14.3 Å². The van der Waals surface area contributed by atoms with Crippen molar-refractivity contribution in [1.82, 2.24) is 5.32 Å². The van der Waals surface area contributed by atoms with Crippen molar-refractivity contribution in [3.05, 3.63) is 0 Å². The molecule has 0 radical (unpaired) electrons. The average Bonchev–Trinajstić information content (AvgIpc) is 3.12. The number of esters is 1. The second-order valence-electron chi connectivity index (χ2n) is 5.47. The summed E-state index contributed by atoms with van der Waals surface area (Å²) in [5, 5.41) is 3.20. The van der Waals surface area contributed by atoms with Crippen LogP contribution in [0.5, 0.6) is 0 Å². The largest absolute Gasteiger partial charge is 0.468 e. The van der Waals surface area contributed by atoms with Crippen LogP contribution in [0, 0.1) is 5.92 Å². The first-order chi connectivity index (χ1) is 8.51. The van der Waals surface area contributed by atoms with Crippen LogP contribution in [0.25, 0.3) is 0 Å². The van der Waals surface area contributed by atoms with Gasteiger partial charge in [-0.2, -0.15) is 0 Å². The molecule has 1 N–H and O–H groups in total. The summed E-state index contributed by atoms with van der Waals surface area (Å²) < 4.78 is 10.6. The summed E-state index contributed by atoms with van der Waals surface area (Å²) in [6.07, 6.45) is 4.56. The summed E-state index contributed by atoms with van der Waals surface area (Å²) in [6.45, 7) is 7.42. The van der Waals surface area contributed by atoms with Gasteiger partial charge < -0.3 is 14.8 Å². The minimum absolute atomic E-state index is 0.0619. The molecule has 1 saturated carbocycles. The summed E-state index contributed by atoms with van der Waals surface area (Å²) >= 11 is 0. The normalized spacial score (nSPS) is 20.2. The molecule has 2 atom stereocenters. The Morgan fingerprint density at radius 3 is 2.67 bits per heavy atom. The highest BCUT2D eigenvalue weighted by Crippen LogP contribution is 2.32. The highest BCUT2D eigenvalue weighted by atomic mass is 16.5. The Kier molecular flexibility index (Phi) is 6.09. The van der Waals surface area contributed by atoms with Gasteiger partial charge in [0, 0.05) is 13.0 Å². The van der Waals surface area contributed by atoms with Crippen LogP contribution < -0.4 is 5.32 Å². The maximum absolute atomic E-state index is 11.8. The fraction of sp³-hybridized carbons (Fsp3) is 0.929. The van der Waals surface area contributed by atoms with E-state index in [2.05, 4.69) is 5.32 Å². The Labute approximate surface area is 110 Å². The van der Waals surface area contributed by atoms with Crippen molar-refractivity contribution in [1.29, 1.82) is 0 Å². The molecule has 1 aliphatic rings. The monoisotopic (exact) mass is 257 g/mol. The van der Waals surface area contributed by atoms with Gasteiger partial charge in [0.2, 0.25) is 0 Å². The zero-order valence-electron chi connectivity index (χ0n) is 12.1. The maximum atomic E-state index is 11.8. The average molecular weight is 257 g/mol. The van der Waals surface area contributed by atoms with Crippen molar-refractivity contribution in [3.63, 3.8) is 0 Å². The second-order valence-corrected chi connectivity index (χ2v) is 5.47. The molecule has 0 aromatic rings. The first-order valence-electron chi connectivity index (χ1n) is 6.97. The fourth-order valence-corrected chi connectivity index (χ4v) is 2.32. The third-order valence-corrected chi connectivity index (χ3v) is 3.52. The van der Waals surface area contributed by atoms with Gasteiger partial charge in [-0.25, -0.2) is 0 Å². The Bertz CT molecular complexity index is 266. The molecule has 106 valence electrons. The SMILES string of the molecule is CCNC(C)(CC(C)OCCC1CC1)C(=O)OC. The number of hydrogen-bond donors (Lipinski definition) is 1. The molecule has 0 spiro atoms. The Morgan fingerprint density at radius 2 is 2.17 bits per heavy atom. The van der Waals surface area contributed by atoms with E-state index in [1.165, 1.54) is 20.0 Å². The van der Waals surface area contributed by atoms with Crippen LogP contribution in [-0.4, -0.2) is 37.9 Å². The second kappa shape index (κ2) is 7.10. The van der Waals surface area contributed by atoms with Crippen LogP contribution in [0.4, 0.5) is 0 Å². The zero-order valence-corrected chi connectivity index (χ0v) is 12.1. The molecule has 0 saturated heterocycles. The molecule has 0 heterocycles. The van der Waals surface area contributed by atoms with Crippen molar-refractivity contribution in [2.75, 3.05) is 20.3 Å². The molecule has 4 nitrogen and oxygen atoms in total. The minimum atomic E-state index is -0.650. The Balaban J connectivity index is 2.35. The van der Waals surface area contributed by atoms with E-state index in [1.54, 1.807) is 0 Å². The molecule has 1 rings (SSSR count). The Hall–Kier alpha value is -0.610. The van der Waals surface area contributed by atoms with Crippen molar-refractivity contribution in [2.24, 2.45) is 5.92 Å². The number of methoxy groups -OCH3 is 1. The van der Waals surface area contributed by atoms with Gasteiger partial charge in [-0.15, -0.1) is 0 Å². The number of ether oxygens (including phenoxy) is 2. The number of hydrogen-bond acceptors (Lipinski definition) is 4. The molecule has 0 amide bonds. The number of nitrogens with one attached hydrogen (secondary N) is 1. The molecule has 0 aromatic heterocycles. The number of rotatable bonds is 9. The minimum Gasteiger partial charge on any atom is -0.468 e. The first kappa shape index (κ1) is 15.4. The molecule has 4 heteroatoms. The summed E-state index contributed by atoms with van der Waals surface area (Å²) in [5.74, 6) is 0.667. The maximum Gasteiger partial charge on any atom is 0.325 e. The summed E-state index contributed by atoms with van der Waals surface area (Å²) in [6, 6.07) is 0. The van der Waals surface area contributed by atoms with Gasteiger partial charge in [0.15, 0.2) is 0 Å². The lowest BCUT2D eigenvalue weighted by molar-refractivity contribution is -0.149. The van der Waals surface area contributed by atoms with Gasteiger partial charge in [0.05, 0.1) is 13.2 Å². The van der Waals surface area contributed by atoms with Crippen LogP contribution in [0.15, 0.2) is 0 Å². The lowest BCUT2D eigenvalue weighted by Crippen LogP contribution is -2.52. The zero-order chi connectivity index (χ0) is 13.6. The topological polar surface area (TPSA) is 47.6 Å². The number of carbonyl (C=O) groups excluding carboxylic acids is 1. The molecule has 0 aliphatic heterocycles. The van der Waals surface area contributed by atoms with Crippen molar-refractivity contribution >= 4 is 5.97 Å². The molecule has 0 aromatic carbocycles. The van der Waals surface area contributed by atoms with Gasteiger partial charge in [0.25, 0.3) is 0 Å². The van der Waals surface area contributed by atoms with Crippen LogP contribution >= 0.6 is 0 Å². The summed E-state index contributed by atoms with van der Waals surface area (Å²) in [4.78, 5) is 11.8. The molecular weight excluding hydrogens is 230 g/mol. The predicted molar refractivity (Wildman–Crippen MR) is 71.5 cm³/mol. The van der Waals surface area contributed by atoms with E-state index in [9.17, 15) is 4.79 Å². The third-order valence-electron chi connectivity index (χ3n) is 3.52. The fourth-order valence-electron chi connectivity index (χ4n) is 2.32. The van der Waals surface area contributed by atoms with Gasteiger partial charge in [-0.05, 0) is 32.7 Å². The molecule has 1 aliphatic carbocycles. The van der Waals surface area contributed by atoms with E-state index < -0.39 is 5.54 Å². The van der Waals surface area contributed by atoms with Crippen molar-refractivity contribution in [3.8, 4) is 0 Å². The predicted octanol–water partition coefficient (Wildman–Crippen LogP) is 2.12. The number of likely N-dealkylation sites (N-methyl/N-ethyl adjacent to an activating group) is 1. The Morgan fingerprint density at radius 1 is 1.50 bits per heavy atom. The van der Waals surface area contributed by atoms with Gasteiger partial charge >= 0.3 is 5.97 Å². The van der Waals surface area contributed by atoms with Crippen LogP contribution in [0.2, 0.25) is 0 Å². The van der Waals surface area contributed by atoms with Gasteiger partial charge in [-0.3, -0.25) is 4.79 Å².